The molecule has 114 valence electrons. The summed E-state index contributed by atoms with van der Waals surface area (Å²) in [4.78, 5) is 16.7. The first-order valence-electron chi connectivity index (χ1n) is 6.70. The van der Waals surface area contributed by atoms with Crippen LogP contribution < -0.4 is 0 Å². The molecule has 1 aromatic rings. The molecule has 0 saturated carbocycles. The third-order valence-corrected chi connectivity index (χ3v) is 4.09. The molecule has 0 atom stereocenters. The fourth-order valence-electron chi connectivity index (χ4n) is 2.73. The van der Waals surface area contributed by atoms with Gasteiger partial charge in [0.2, 0.25) is 0 Å². The average Bonchev–Trinajstić information content (AvgIpc) is 2.63. The average molecular weight is 323 g/mol. The number of hydrogen-bond donors (Lipinski definition) is 0. The Kier molecular flexibility index (Phi) is 3.40. The van der Waals surface area contributed by atoms with Gasteiger partial charge in [0.05, 0.1) is 11.1 Å². The van der Waals surface area contributed by atoms with Crippen LogP contribution in [0, 0.1) is 5.41 Å². The van der Waals surface area contributed by atoms with E-state index in [4.69, 9.17) is 11.6 Å². The van der Waals surface area contributed by atoms with E-state index in [0.29, 0.717) is 10.7 Å². The molecular formula is C16H13ClF2N2O. The third kappa shape index (κ3) is 2.25. The molecule has 22 heavy (non-hydrogen) atoms. The summed E-state index contributed by atoms with van der Waals surface area (Å²) in [6.45, 7) is 0.0552. The van der Waals surface area contributed by atoms with Crippen LogP contribution in [0.5, 0.6) is 0 Å². The molecule has 1 spiro atoms. The Balaban J connectivity index is 2.05. The second-order valence-electron chi connectivity index (χ2n) is 5.46. The van der Waals surface area contributed by atoms with E-state index in [1.54, 1.807) is 25.2 Å². The normalized spacial score (nSPS) is 23.7. The lowest BCUT2D eigenvalue weighted by molar-refractivity contribution is -0.110. The van der Waals surface area contributed by atoms with Gasteiger partial charge in [0.25, 0.3) is 0 Å². The summed E-state index contributed by atoms with van der Waals surface area (Å²) in [6, 6.07) is 6.45. The van der Waals surface area contributed by atoms with Gasteiger partial charge in [-0.15, -0.1) is 0 Å². The summed E-state index contributed by atoms with van der Waals surface area (Å²) < 4.78 is 29.8. The molecule has 1 aromatic carbocycles. The van der Waals surface area contributed by atoms with Crippen molar-refractivity contribution in [3.8, 4) is 0 Å². The number of aliphatic imine (C=N–C) groups is 1. The molecule has 1 saturated heterocycles. The number of benzene rings is 1. The zero-order valence-electron chi connectivity index (χ0n) is 11.8. The number of carbonyl (C=O) groups is 1. The van der Waals surface area contributed by atoms with Gasteiger partial charge in [-0.1, -0.05) is 29.8 Å². The number of carbonyl (C=O) groups excluding carboxylic acids is 1. The second-order valence-corrected chi connectivity index (χ2v) is 5.89. The molecular weight excluding hydrogens is 310 g/mol. The highest BCUT2D eigenvalue weighted by Crippen LogP contribution is 2.48. The van der Waals surface area contributed by atoms with Crippen LogP contribution in [-0.4, -0.2) is 36.0 Å². The topological polar surface area (TPSA) is 32.7 Å². The molecule has 0 radical (unpaired) electrons. The Hall–Kier alpha value is -2.01. The number of likely N-dealkylation sites (tertiary alicyclic amines) is 1. The molecule has 1 aliphatic carbocycles. The molecule has 1 aliphatic heterocycles. The minimum atomic E-state index is -3.21. The fraction of sp³-hybridized carbons (Fsp3) is 0.250. The number of amidine groups is 1. The first-order valence-corrected chi connectivity index (χ1v) is 7.08. The lowest BCUT2D eigenvalue weighted by atomic mass is 9.80. The van der Waals surface area contributed by atoms with Gasteiger partial charge in [0.15, 0.2) is 11.6 Å². The van der Waals surface area contributed by atoms with E-state index in [-0.39, 0.29) is 18.2 Å². The van der Waals surface area contributed by atoms with Crippen molar-refractivity contribution in [3.63, 3.8) is 0 Å². The summed E-state index contributed by atoms with van der Waals surface area (Å²) >= 11 is 5.87. The van der Waals surface area contributed by atoms with E-state index >= 15 is 0 Å². The highest BCUT2D eigenvalue weighted by atomic mass is 35.5. The summed E-state index contributed by atoms with van der Waals surface area (Å²) in [5, 5.41) is 0.434. The van der Waals surface area contributed by atoms with Gasteiger partial charge in [0, 0.05) is 18.6 Å². The van der Waals surface area contributed by atoms with Crippen LogP contribution in [-0.2, 0) is 4.79 Å². The zero-order valence-corrected chi connectivity index (χ0v) is 12.5. The van der Waals surface area contributed by atoms with E-state index in [1.807, 2.05) is 0 Å². The third-order valence-electron chi connectivity index (χ3n) is 3.86. The molecule has 0 amide bonds. The van der Waals surface area contributed by atoms with Gasteiger partial charge >= 0.3 is 5.92 Å². The van der Waals surface area contributed by atoms with Crippen LogP contribution in [0.1, 0.15) is 0 Å². The molecule has 3 nitrogen and oxygen atoms in total. The van der Waals surface area contributed by atoms with E-state index in [2.05, 4.69) is 4.99 Å². The van der Waals surface area contributed by atoms with E-state index < -0.39 is 11.3 Å². The standard InChI is InChI=1S/C16H13ClF2N2O/c1-21-10-15(7-5-13(22)6-8-15)16(18,19)14(21)20-12-4-2-3-11(17)9-12/h2-9H,10H2,1H3. The Bertz CT molecular complexity index is 709. The highest BCUT2D eigenvalue weighted by Gasteiger charge is 2.62. The van der Waals surface area contributed by atoms with Gasteiger partial charge in [-0.25, -0.2) is 4.99 Å². The maximum absolute atomic E-state index is 14.9. The Morgan fingerprint density at radius 2 is 1.95 bits per heavy atom. The van der Waals surface area contributed by atoms with Gasteiger partial charge in [0.1, 0.15) is 0 Å². The van der Waals surface area contributed by atoms with Crippen molar-refractivity contribution in [1.82, 2.24) is 4.90 Å². The molecule has 1 heterocycles. The predicted molar refractivity (Wildman–Crippen MR) is 81.8 cm³/mol. The maximum Gasteiger partial charge on any atom is 0.318 e. The zero-order chi connectivity index (χ0) is 16.0. The smallest absolute Gasteiger partial charge is 0.318 e. The number of hydrogen-bond acceptors (Lipinski definition) is 2. The number of nitrogens with zero attached hydrogens (tertiary/aromatic N) is 2. The predicted octanol–water partition coefficient (Wildman–Crippen LogP) is 3.63. The van der Waals surface area contributed by atoms with Crippen LogP contribution in [0.4, 0.5) is 14.5 Å². The van der Waals surface area contributed by atoms with Crippen molar-refractivity contribution in [3.05, 3.63) is 53.6 Å². The number of rotatable bonds is 1. The molecule has 6 heteroatoms. The van der Waals surface area contributed by atoms with Crippen LogP contribution in [0.2, 0.25) is 5.02 Å². The molecule has 1 fully saturated rings. The molecule has 0 aromatic heterocycles. The molecule has 2 aliphatic rings. The van der Waals surface area contributed by atoms with Gasteiger partial charge in [-0.05, 0) is 30.4 Å². The molecule has 0 bridgehead atoms. The van der Waals surface area contributed by atoms with Crippen molar-refractivity contribution >= 4 is 28.9 Å². The van der Waals surface area contributed by atoms with Gasteiger partial charge in [-0.3, -0.25) is 4.79 Å². The lowest BCUT2D eigenvalue weighted by Crippen LogP contribution is -2.41. The maximum atomic E-state index is 14.9. The van der Waals surface area contributed by atoms with E-state index in [9.17, 15) is 13.6 Å². The highest BCUT2D eigenvalue weighted by molar-refractivity contribution is 6.30. The van der Waals surface area contributed by atoms with Crippen LogP contribution in [0.25, 0.3) is 0 Å². The number of halogens is 3. The number of alkyl halides is 2. The first-order chi connectivity index (χ1) is 10.3. The first kappa shape index (κ1) is 14.9. The monoisotopic (exact) mass is 322 g/mol. The Labute approximate surface area is 131 Å². The fourth-order valence-corrected chi connectivity index (χ4v) is 2.91. The van der Waals surface area contributed by atoms with Crippen molar-refractivity contribution < 1.29 is 13.6 Å². The van der Waals surface area contributed by atoms with Crippen molar-refractivity contribution in [2.75, 3.05) is 13.6 Å². The van der Waals surface area contributed by atoms with Gasteiger partial charge in [-0.2, -0.15) is 8.78 Å². The molecule has 0 unspecified atom stereocenters. The quantitative estimate of drug-likeness (QED) is 0.791. The lowest BCUT2D eigenvalue weighted by Gasteiger charge is -2.28. The largest absolute Gasteiger partial charge is 0.357 e. The van der Waals surface area contributed by atoms with Crippen LogP contribution in [0.3, 0.4) is 0 Å². The molecule has 0 N–H and O–H groups in total. The SMILES string of the molecule is CN1CC2(C=CC(=O)C=C2)C(F)(F)C1=Nc1cccc(Cl)c1. The van der Waals surface area contributed by atoms with Crippen molar-refractivity contribution in [2.45, 2.75) is 5.92 Å². The van der Waals surface area contributed by atoms with Crippen molar-refractivity contribution in [1.29, 1.82) is 0 Å². The van der Waals surface area contributed by atoms with Crippen LogP contribution >= 0.6 is 11.6 Å². The van der Waals surface area contributed by atoms with E-state index in [1.165, 1.54) is 35.3 Å². The van der Waals surface area contributed by atoms with Gasteiger partial charge < -0.3 is 4.90 Å². The van der Waals surface area contributed by atoms with Crippen molar-refractivity contribution in [2.24, 2.45) is 10.4 Å². The minimum Gasteiger partial charge on any atom is -0.357 e. The van der Waals surface area contributed by atoms with E-state index in [0.717, 1.165) is 0 Å². The Morgan fingerprint density at radius 1 is 1.27 bits per heavy atom. The molecule has 3 rings (SSSR count). The number of ketones is 1. The second kappa shape index (κ2) is 5.02. The minimum absolute atomic E-state index is 0.0552. The summed E-state index contributed by atoms with van der Waals surface area (Å²) in [5.74, 6) is -3.83. The summed E-state index contributed by atoms with van der Waals surface area (Å²) in [6.07, 6.45) is 4.91. The summed E-state index contributed by atoms with van der Waals surface area (Å²) in [7, 11) is 1.56. The summed E-state index contributed by atoms with van der Waals surface area (Å²) in [5.41, 5.74) is -1.17. The number of allylic oxidation sites excluding steroid dienone is 2. The van der Waals surface area contributed by atoms with Crippen LogP contribution in [0.15, 0.2) is 53.6 Å². The Morgan fingerprint density at radius 3 is 2.59 bits per heavy atom.